The Balaban J connectivity index is 3.44. The monoisotopic (exact) mass is 127 g/mol. The Labute approximate surface area is 54.2 Å². The minimum atomic E-state index is -0.549. The zero-order chi connectivity index (χ0) is 7.11. The minimum Gasteiger partial charge on any atom is -0.449 e. The van der Waals surface area contributed by atoms with Crippen molar-refractivity contribution in [1.82, 2.24) is 0 Å². The molecule has 0 heterocycles. The van der Waals surface area contributed by atoms with Gasteiger partial charge in [0.2, 0.25) is 0 Å². The standard InChI is InChI=1S/C6H9NO2/c1-2-3-6(4-7)9-5-8/h5-6H,2-3H2,1H3. The summed E-state index contributed by atoms with van der Waals surface area (Å²) in [5.74, 6) is 0. The Morgan fingerprint density at radius 2 is 2.56 bits per heavy atom. The Bertz CT molecular complexity index is 117. The summed E-state index contributed by atoms with van der Waals surface area (Å²) >= 11 is 0. The first kappa shape index (κ1) is 7.96. The number of hydrogen-bond acceptors (Lipinski definition) is 3. The van der Waals surface area contributed by atoms with Crippen molar-refractivity contribution in [3.8, 4) is 6.07 Å². The maximum atomic E-state index is 9.68. The number of nitrogens with zero attached hydrogens (tertiary/aromatic N) is 1. The van der Waals surface area contributed by atoms with Gasteiger partial charge in [-0.15, -0.1) is 0 Å². The van der Waals surface area contributed by atoms with E-state index < -0.39 is 6.10 Å². The van der Waals surface area contributed by atoms with Gasteiger partial charge in [-0.2, -0.15) is 5.26 Å². The highest BCUT2D eigenvalue weighted by Gasteiger charge is 2.03. The zero-order valence-electron chi connectivity index (χ0n) is 5.33. The Morgan fingerprint density at radius 3 is 2.89 bits per heavy atom. The molecule has 0 aliphatic heterocycles. The van der Waals surface area contributed by atoms with Gasteiger partial charge in [-0.1, -0.05) is 13.3 Å². The van der Waals surface area contributed by atoms with Crippen LogP contribution in [0.5, 0.6) is 0 Å². The molecule has 3 nitrogen and oxygen atoms in total. The summed E-state index contributed by atoms with van der Waals surface area (Å²) in [7, 11) is 0. The van der Waals surface area contributed by atoms with Gasteiger partial charge in [0.15, 0.2) is 6.10 Å². The van der Waals surface area contributed by atoms with Crippen molar-refractivity contribution in [1.29, 1.82) is 5.26 Å². The molecule has 0 saturated heterocycles. The molecule has 0 saturated carbocycles. The fourth-order valence-electron chi connectivity index (χ4n) is 0.492. The van der Waals surface area contributed by atoms with Crippen LogP contribution in [0.4, 0.5) is 0 Å². The summed E-state index contributed by atoms with van der Waals surface area (Å²) in [5, 5.41) is 8.25. The van der Waals surface area contributed by atoms with Crippen molar-refractivity contribution in [3.63, 3.8) is 0 Å². The number of ether oxygens (including phenoxy) is 1. The van der Waals surface area contributed by atoms with Crippen LogP contribution in [0.25, 0.3) is 0 Å². The van der Waals surface area contributed by atoms with Gasteiger partial charge < -0.3 is 4.74 Å². The molecule has 9 heavy (non-hydrogen) atoms. The third-order valence-electron chi connectivity index (χ3n) is 0.915. The fourth-order valence-corrected chi connectivity index (χ4v) is 0.492. The number of hydrogen-bond donors (Lipinski definition) is 0. The van der Waals surface area contributed by atoms with E-state index in [1.165, 1.54) is 0 Å². The molecule has 0 rings (SSSR count). The van der Waals surface area contributed by atoms with Crippen molar-refractivity contribution in [2.75, 3.05) is 0 Å². The average molecular weight is 127 g/mol. The van der Waals surface area contributed by atoms with Gasteiger partial charge >= 0.3 is 0 Å². The van der Waals surface area contributed by atoms with Crippen molar-refractivity contribution in [2.24, 2.45) is 0 Å². The lowest BCUT2D eigenvalue weighted by Gasteiger charge is -2.01. The summed E-state index contributed by atoms with van der Waals surface area (Å²) < 4.78 is 4.39. The van der Waals surface area contributed by atoms with Crippen LogP contribution >= 0.6 is 0 Å². The summed E-state index contributed by atoms with van der Waals surface area (Å²) in [6.07, 6.45) is 0.925. The Morgan fingerprint density at radius 1 is 1.89 bits per heavy atom. The highest BCUT2D eigenvalue weighted by atomic mass is 16.5. The topological polar surface area (TPSA) is 50.1 Å². The number of rotatable bonds is 4. The molecule has 0 aliphatic rings. The molecule has 0 aromatic rings. The Hall–Kier alpha value is -1.04. The van der Waals surface area contributed by atoms with Crippen LogP contribution in [-0.2, 0) is 9.53 Å². The SMILES string of the molecule is CCCC(C#N)OC=O. The van der Waals surface area contributed by atoms with E-state index in [0.717, 1.165) is 6.42 Å². The lowest BCUT2D eigenvalue weighted by molar-refractivity contribution is -0.131. The van der Waals surface area contributed by atoms with E-state index in [1.807, 2.05) is 13.0 Å². The van der Waals surface area contributed by atoms with Crippen LogP contribution in [-0.4, -0.2) is 12.6 Å². The van der Waals surface area contributed by atoms with Crippen LogP contribution in [0.3, 0.4) is 0 Å². The van der Waals surface area contributed by atoms with Gasteiger partial charge in [-0.05, 0) is 6.42 Å². The summed E-state index contributed by atoms with van der Waals surface area (Å²) in [5.41, 5.74) is 0. The molecular formula is C6H9NO2. The fraction of sp³-hybridized carbons (Fsp3) is 0.667. The predicted molar refractivity (Wildman–Crippen MR) is 31.5 cm³/mol. The van der Waals surface area contributed by atoms with E-state index in [2.05, 4.69) is 4.74 Å². The second-order valence-electron chi connectivity index (χ2n) is 1.64. The van der Waals surface area contributed by atoms with Crippen molar-refractivity contribution in [3.05, 3.63) is 0 Å². The van der Waals surface area contributed by atoms with Crippen LogP contribution in [0.2, 0.25) is 0 Å². The maximum absolute atomic E-state index is 9.68. The number of carbonyl (C=O) groups is 1. The third-order valence-corrected chi connectivity index (χ3v) is 0.915. The van der Waals surface area contributed by atoms with E-state index in [0.29, 0.717) is 12.9 Å². The molecule has 0 radical (unpaired) electrons. The molecule has 0 spiro atoms. The second kappa shape index (κ2) is 5.10. The molecule has 0 N–H and O–H groups in total. The van der Waals surface area contributed by atoms with Gasteiger partial charge in [-0.25, -0.2) is 0 Å². The second-order valence-corrected chi connectivity index (χ2v) is 1.64. The molecular weight excluding hydrogens is 118 g/mol. The first-order valence-electron chi connectivity index (χ1n) is 2.83. The molecule has 0 fully saturated rings. The lowest BCUT2D eigenvalue weighted by Crippen LogP contribution is -2.07. The molecule has 1 unspecified atom stereocenters. The van der Waals surface area contributed by atoms with Gasteiger partial charge in [0, 0.05) is 0 Å². The first-order valence-corrected chi connectivity index (χ1v) is 2.83. The average Bonchev–Trinajstić information content (AvgIpc) is 1.88. The van der Waals surface area contributed by atoms with Gasteiger partial charge in [-0.3, -0.25) is 4.79 Å². The lowest BCUT2D eigenvalue weighted by atomic mass is 10.2. The summed E-state index contributed by atoms with van der Waals surface area (Å²) in [6.45, 7) is 2.24. The van der Waals surface area contributed by atoms with E-state index >= 15 is 0 Å². The maximum Gasteiger partial charge on any atom is 0.294 e. The van der Waals surface area contributed by atoms with Gasteiger partial charge in [0.05, 0.1) is 0 Å². The van der Waals surface area contributed by atoms with Crippen molar-refractivity contribution in [2.45, 2.75) is 25.9 Å². The molecule has 0 aliphatic carbocycles. The van der Waals surface area contributed by atoms with Gasteiger partial charge in [0.1, 0.15) is 6.07 Å². The quantitative estimate of drug-likeness (QED) is 0.526. The van der Waals surface area contributed by atoms with Crippen molar-refractivity contribution < 1.29 is 9.53 Å². The minimum absolute atomic E-state index is 0.309. The normalized spacial score (nSPS) is 11.6. The molecule has 0 aromatic carbocycles. The number of carbonyl (C=O) groups excluding carboxylic acids is 1. The summed E-state index contributed by atoms with van der Waals surface area (Å²) in [4.78, 5) is 9.68. The van der Waals surface area contributed by atoms with E-state index in [4.69, 9.17) is 5.26 Å². The highest BCUT2D eigenvalue weighted by molar-refractivity contribution is 5.38. The Kier molecular flexibility index (Phi) is 4.51. The van der Waals surface area contributed by atoms with E-state index in [9.17, 15) is 4.79 Å². The number of nitriles is 1. The van der Waals surface area contributed by atoms with Crippen LogP contribution in [0.15, 0.2) is 0 Å². The first-order chi connectivity index (χ1) is 4.35. The van der Waals surface area contributed by atoms with E-state index in [1.54, 1.807) is 0 Å². The van der Waals surface area contributed by atoms with Crippen LogP contribution in [0.1, 0.15) is 19.8 Å². The predicted octanol–water partition coefficient (Wildman–Crippen LogP) is 0.852. The van der Waals surface area contributed by atoms with Crippen LogP contribution in [0, 0.1) is 11.3 Å². The summed E-state index contributed by atoms with van der Waals surface area (Å²) in [6, 6.07) is 1.85. The van der Waals surface area contributed by atoms with Gasteiger partial charge in [0.25, 0.3) is 6.47 Å². The highest BCUT2D eigenvalue weighted by Crippen LogP contribution is 1.97. The third kappa shape index (κ3) is 3.53. The van der Waals surface area contributed by atoms with Crippen molar-refractivity contribution >= 4 is 6.47 Å². The van der Waals surface area contributed by atoms with Crippen LogP contribution < -0.4 is 0 Å². The zero-order valence-corrected chi connectivity index (χ0v) is 5.33. The molecule has 0 amide bonds. The molecule has 1 atom stereocenters. The smallest absolute Gasteiger partial charge is 0.294 e. The van der Waals surface area contributed by atoms with E-state index in [-0.39, 0.29) is 0 Å². The molecule has 0 aromatic heterocycles. The molecule has 0 bridgehead atoms. The molecule has 50 valence electrons. The largest absolute Gasteiger partial charge is 0.449 e. The molecule has 3 heteroatoms.